The highest BCUT2D eigenvalue weighted by Gasteiger charge is 2.42. The number of hydrogen-bond donors (Lipinski definition) is 0. The highest BCUT2D eigenvalue weighted by atomic mass is 32.2. The summed E-state index contributed by atoms with van der Waals surface area (Å²) in [5.74, 6) is 0. The summed E-state index contributed by atoms with van der Waals surface area (Å²) in [5, 5.41) is 0. The first-order valence-corrected chi connectivity index (χ1v) is 14.0. The molecule has 0 aliphatic carbocycles. The largest absolute Gasteiger partial charge is 0.244 e. The minimum absolute atomic E-state index is 0.144. The molecule has 34 heavy (non-hydrogen) atoms. The predicted molar refractivity (Wildman–Crippen MR) is 134 cm³/mol. The predicted octanol–water partition coefficient (Wildman–Crippen LogP) is 4.43. The lowest BCUT2D eigenvalue weighted by molar-refractivity contribution is 0.173. The van der Waals surface area contributed by atoms with Crippen LogP contribution in [-0.4, -0.2) is 44.7 Å². The summed E-state index contributed by atoms with van der Waals surface area (Å²) >= 11 is 0. The van der Waals surface area contributed by atoms with Crippen molar-refractivity contribution in [3.63, 3.8) is 0 Å². The molecule has 0 aromatic heterocycles. The normalized spacial score (nSPS) is 16.8. The average Bonchev–Trinajstić information content (AvgIpc) is 2.83. The van der Waals surface area contributed by atoms with Crippen LogP contribution < -0.4 is 0 Å². The van der Waals surface area contributed by atoms with E-state index in [-0.39, 0.29) is 22.9 Å². The van der Waals surface area contributed by atoms with Gasteiger partial charge in [0, 0.05) is 13.1 Å². The Morgan fingerprint density at radius 1 is 0.676 bits per heavy atom. The van der Waals surface area contributed by atoms with Gasteiger partial charge in [-0.1, -0.05) is 77.9 Å². The minimum Gasteiger partial charge on any atom is -0.207 e. The fourth-order valence-corrected chi connectivity index (χ4v) is 7.20. The molecule has 1 aliphatic rings. The molecule has 4 rings (SSSR count). The van der Waals surface area contributed by atoms with Crippen LogP contribution >= 0.6 is 0 Å². The molecule has 0 atom stereocenters. The Morgan fingerprint density at radius 2 is 1.12 bits per heavy atom. The number of nitrogens with zero attached hydrogens (tertiary/aromatic N) is 2. The SMILES string of the molecule is Cc1ccc(S(=O)(=O)N2CCCN(S(=O)(=O)c3ccc(C)cc3)C2/C=C/c2ccccc2)cc1. The van der Waals surface area contributed by atoms with Crippen LogP contribution in [0.4, 0.5) is 0 Å². The van der Waals surface area contributed by atoms with Crippen molar-refractivity contribution >= 4 is 26.1 Å². The van der Waals surface area contributed by atoms with Crippen molar-refractivity contribution in [1.29, 1.82) is 0 Å². The van der Waals surface area contributed by atoms with E-state index in [2.05, 4.69) is 0 Å². The molecule has 1 saturated heterocycles. The highest BCUT2D eigenvalue weighted by molar-refractivity contribution is 7.90. The fraction of sp³-hybridized carbons (Fsp3) is 0.231. The number of hydrogen-bond acceptors (Lipinski definition) is 4. The Morgan fingerprint density at radius 3 is 1.56 bits per heavy atom. The molecule has 0 radical (unpaired) electrons. The molecule has 3 aromatic carbocycles. The maximum absolute atomic E-state index is 13.6. The van der Waals surface area contributed by atoms with E-state index in [1.165, 1.54) is 8.61 Å². The van der Waals surface area contributed by atoms with E-state index in [4.69, 9.17) is 0 Å². The molecule has 1 aliphatic heterocycles. The number of sulfonamides is 2. The van der Waals surface area contributed by atoms with Crippen molar-refractivity contribution in [3.8, 4) is 0 Å². The maximum atomic E-state index is 13.6. The van der Waals surface area contributed by atoms with Gasteiger partial charge in [-0.05, 0) is 50.1 Å². The second-order valence-corrected chi connectivity index (χ2v) is 12.2. The zero-order valence-electron chi connectivity index (χ0n) is 19.2. The Bertz CT molecular complexity index is 1280. The van der Waals surface area contributed by atoms with Gasteiger partial charge in [-0.3, -0.25) is 0 Å². The second kappa shape index (κ2) is 9.84. The quantitative estimate of drug-likeness (QED) is 0.506. The lowest BCUT2D eigenvalue weighted by Crippen LogP contribution is -2.56. The number of rotatable bonds is 6. The first kappa shape index (κ1) is 24.3. The molecule has 0 amide bonds. The topological polar surface area (TPSA) is 74.8 Å². The second-order valence-electron chi connectivity index (χ2n) is 8.39. The third-order valence-electron chi connectivity index (χ3n) is 5.86. The zero-order valence-corrected chi connectivity index (χ0v) is 20.8. The average molecular weight is 497 g/mol. The van der Waals surface area contributed by atoms with Gasteiger partial charge in [-0.25, -0.2) is 16.8 Å². The van der Waals surface area contributed by atoms with Gasteiger partial charge >= 0.3 is 0 Å². The Kier molecular flexibility index (Phi) is 7.04. The molecule has 178 valence electrons. The van der Waals surface area contributed by atoms with Crippen LogP contribution in [0.5, 0.6) is 0 Å². The summed E-state index contributed by atoms with van der Waals surface area (Å²) in [6.07, 6.45) is 2.83. The molecule has 1 fully saturated rings. The van der Waals surface area contributed by atoms with Crippen LogP contribution in [0, 0.1) is 13.8 Å². The number of aryl methyl sites for hydroxylation is 2. The van der Waals surface area contributed by atoms with E-state index in [1.807, 2.05) is 44.2 Å². The minimum atomic E-state index is -3.94. The molecule has 3 aromatic rings. The van der Waals surface area contributed by atoms with E-state index in [0.29, 0.717) is 6.42 Å². The monoisotopic (exact) mass is 496 g/mol. The summed E-state index contributed by atoms with van der Waals surface area (Å²) in [7, 11) is -7.88. The van der Waals surface area contributed by atoms with Gasteiger partial charge in [0.15, 0.2) is 0 Å². The Hall–Kier alpha value is -2.78. The smallest absolute Gasteiger partial charge is 0.207 e. The fourth-order valence-electron chi connectivity index (χ4n) is 3.96. The van der Waals surface area contributed by atoms with Crippen molar-refractivity contribution in [2.75, 3.05) is 13.1 Å². The van der Waals surface area contributed by atoms with E-state index in [0.717, 1.165) is 16.7 Å². The third kappa shape index (κ3) is 5.00. The molecular weight excluding hydrogens is 468 g/mol. The van der Waals surface area contributed by atoms with Gasteiger partial charge in [0.05, 0.1) is 9.79 Å². The lowest BCUT2D eigenvalue weighted by Gasteiger charge is -2.40. The van der Waals surface area contributed by atoms with Crippen molar-refractivity contribution in [2.45, 2.75) is 36.2 Å². The lowest BCUT2D eigenvalue weighted by atomic mass is 10.2. The first-order chi connectivity index (χ1) is 16.2. The van der Waals surface area contributed by atoms with Gasteiger partial charge in [-0.15, -0.1) is 0 Å². The molecular formula is C26H28N2O4S2. The van der Waals surface area contributed by atoms with Crippen LogP contribution in [-0.2, 0) is 20.0 Å². The molecule has 0 saturated carbocycles. The van der Waals surface area contributed by atoms with E-state index in [9.17, 15) is 16.8 Å². The molecule has 1 heterocycles. The molecule has 0 N–H and O–H groups in total. The van der Waals surface area contributed by atoms with Gasteiger partial charge in [-0.2, -0.15) is 8.61 Å². The van der Waals surface area contributed by atoms with Gasteiger partial charge in [0.2, 0.25) is 20.0 Å². The van der Waals surface area contributed by atoms with E-state index < -0.39 is 26.2 Å². The zero-order chi connectivity index (χ0) is 24.3. The summed E-state index contributed by atoms with van der Waals surface area (Å²) in [5.41, 5.74) is 2.75. The number of benzene rings is 3. The van der Waals surface area contributed by atoms with E-state index in [1.54, 1.807) is 60.7 Å². The van der Waals surface area contributed by atoms with Gasteiger partial charge < -0.3 is 0 Å². The van der Waals surface area contributed by atoms with Crippen LogP contribution in [0.25, 0.3) is 6.08 Å². The summed E-state index contributed by atoms with van der Waals surface area (Å²) in [6, 6.07) is 22.6. The van der Waals surface area contributed by atoms with Gasteiger partial charge in [0.1, 0.15) is 6.17 Å². The summed E-state index contributed by atoms with van der Waals surface area (Å²) in [4.78, 5) is 0.289. The molecule has 0 unspecified atom stereocenters. The molecule has 8 heteroatoms. The van der Waals surface area contributed by atoms with Crippen LogP contribution in [0.3, 0.4) is 0 Å². The maximum Gasteiger partial charge on any atom is 0.244 e. The van der Waals surface area contributed by atoms with Crippen molar-refractivity contribution in [2.24, 2.45) is 0 Å². The van der Waals surface area contributed by atoms with Crippen LogP contribution in [0.15, 0.2) is 94.7 Å². The summed E-state index contributed by atoms with van der Waals surface area (Å²) < 4.78 is 57.1. The van der Waals surface area contributed by atoms with Crippen molar-refractivity contribution in [1.82, 2.24) is 8.61 Å². The standard InChI is InChI=1S/C26H28N2O4S2/c1-21-9-14-24(15-10-21)33(29,30)27-19-6-20-28(26(27)18-13-23-7-4-3-5-8-23)34(31,32)25-16-11-22(2)12-17-25/h3-5,7-18,26H,6,19-20H2,1-2H3/b18-13+. The van der Waals surface area contributed by atoms with Crippen molar-refractivity contribution < 1.29 is 16.8 Å². The van der Waals surface area contributed by atoms with Gasteiger partial charge in [0.25, 0.3) is 0 Å². The Labute approximate surface area is 202 Å². The molecule has 0 spiro atoms. The van der Waals surface area contributed by atoms with Crippen molar-refractivity contribution in [3.05, 3.63) is 102 Å². The van der Waals surface area contributed by atoms with Crippen LogP contribution in [0.1, 0.15) is 23.1 Å². The Balaban J connectivity index is 1.79. The first-order valence-electron chi connectivity index (χ1n) is 11.1. The summed E-state index contributed by atoms with van der Waals surface area (Å²) in [6.45, 7) is 4.22. The molecule has 0 bridgehead atoms. The third-order valence-corrected chi connectivity index (χ3v) is 9.63. The van der Waals surface area contributed by atoms with Crippen LogP contribution in [0.2, 0.25) is 0 Å². The highest BCUT2D eigenvalue weighted by Crippen LogP contribution is 2.30. The van der Waals surface area contributed by atoms with E-state index >= 15 is 0 Å². The molecule has 6 nitrogen and oxygen atoms in total.